The first-order chi connectivity index (χ1) is 10.0. The molecule has 1 aromatic heterocycles. The molecule has 1 amide bonds. The van der Waals surface area contributed by atoms with E-state index in [4.69, 9.17) is 10.8 Å². The second kappa shape index (κ2) is 6.09. The fourth-order valence-electron chi connectivity index (χ4n) is 3.12. The number of nitrogens with zero attached hydrogens (tertiary/aromatic N) is 2. The van der Waals surface area contributed by atoms with Crippen molar-refractivity contribution < 1.29 is 19.8 Å². The van der Waals surface area contributed by atoms with Crippen LogP contribution in [0.2, 0.25) is 0 Å². The average molecular weight is 293 g/mol. The SMILES string of the molecule is NCC(c1cccnc1)C1(C(=O)O)CCCN(C(=O)O)C1. The van der Waals surface area contributed by atoms with Gasteiger partial charge in [0.2, 0.25) is 0 Å². The lowest BCUT2D eigenvalue weighted by atomic mass is 9.67. The van der Waals surface area contributed by atoms with Crippen LogP contribution in [0.15, 0.2) is 24.5 Å². The Hall–Kier alpha value is -2.15. The summed E-state index contributed by atoms with van der Waals surface area (Å²) >= 11 is 0. The molecule has 1 aliphatic heterocycles. The molecule has 2 heterocycles. The highest BCUT2D eigenvalue weighted by Gasteiger charge is 2.49. The number of hydrogen-bond donors (Lipinski definition) is 3. The Morgan fingerprint density at radius 3 is 2.76 bits per heavy atom. The Kier molecular flexibility index (Phi) is 4.42. The number of carbonyl (C=O) groups is 2. The molecule has 0 bridgehead atoms. The number of pyridine rings is 1. The molecular weight excluding hydrogens is 274 g/mol. The van der Waals surface area contributed by atoms with E-state index in [-0.39, 0.29) is 13.1 Å². The number of piperidine rings is 1. The van der Waals surface area contributed by atoms with E-state index in [2.05, 4.69) is 4.98 Å². The third kappa shape index (κ3) is 2.82. The maximum absolute atomic E-state index is 11.9. The fraction of sp³-hybridized carbons (Fsp3) is 0.500. The van der Waals surface area contributed by atoms with Crippen molar-refractivity contribution in [2.45, 2.75) is 18.8 Å². The third-order valence-electron chi connectivity index (χ3n) is 4.21. The Labute approximate surface area is 122 Å². The van der Waals surface area contributed by atoms with Crippen molar-refractivity contribution in [3.05, 3.63) is 30.1 Å². The standard InChI is InChI=1S/C14H19N3O4/c15-7-11(10-3-1-5-16-8-10)14(12(18)19)4-2-6-17(9-14)13(20)21/h1,3,5,8,11H,2,4,6-7,9,15H2,(H,18,19)(H,20,21). The number of nitrogens with two attached hydrogens (primary N) is 1. The van der Waals surface area contributed by atoms with Gasteiger partial charge in [-0.25, -0.2) is 4.79 Å². The molecular formula is C14H19N3O4. The number of likely N-dealkylation sites (tertiary alicyclic amines) is 1. The van der Waals surface area contributed by atoms with Crippen LogP contribution < -0.4 is 5.73 Å². The Balaban J connectivity index is 2.41. The minimum absolute atomic E-state index is 0.0472. The van der Waals surface area contributed by atoms with Gasteiger partial charge in [-0.05, 0) is 24.5 Å². The van der Waals surface area contributed by atoms with Crippen LogP contribution in [0.25, 0.3) is 0 Å². The number of hydrogen-bond acceptors (Lipinski definition) is 4. The molecule has 0 aliphatic carbocycles. The van der Waals surface area contributed by atoms with Crippen LogP contribution in [0.1, 0.15) is 24.3 Å². The summed E-state index contributed by atoms with van der Waals surface area (Å²) in [5.41, 5.74) is 5.35. The van der Waals surface area contributed by atoms with Gasteiger partial charge in [0.15, 0.2) is 0 Å². The van der Waals surface area contributed by atoms with Gasteiger partial charge in [0.25, 0.3) is 0 Å². The van der Waals surface area contributed by atoms with E-state index in [1.54, 1.807) is 24.5 Å². The largest absolute Gasteiger partial charge is 0.481 e. The van der Waals surface area contributed by atoms with Gasteiger partial charge in [0.05, 0.1) is 5.41 Å². The van der Waals surface area contributed by atoms with Crippen molar-refractivity contribution in [1.29, 1.82) is 0 Å². The molecule has 0 aromatic carbocycles. The van der Waals surface area contributed by atoms with E-state index in [9.17, 15) is 14.7 Å². The molecule has 7 nitrogen and oxygen atoms in total. The third-order valence-corrected chi connectivity index (χ3v) is 4.21. The average Bonchev–Trinajstić information content (AvgIpc) is 2.49. The van der Waals surface area contributed by atoms with E-state index in [0.29, 0.717) is 19.4 Å². The quantitative estimate of drug-likeness (QED) is 0.761. The summed E-state index contributed by atoms with van der Waals surface area (Å²) in [6, 6.07) is 3.51. The van der Waals surface area contributed by atoms with Gasteiger partial charge < -0.3 is 20.8 Å². The van der Waals surface area contributed by atoms with Gasteiger partial charge in [0.1, 0.15) is 0 Å². The van der Waals surface area contributed by atoms with Gasteiger partial charge in [-0.15, -0.1) is 0 Å². The molecule has 1 aromatic rings. The van der Waals surface area contributed by atoms with Crippen molar-refractivity contribution in [3.63, 3.8) is 0 Å². The van der Waals surface area contributed by atoms with Gasteiger partial charge in [-0.2, -0.15) is 0 Å². The second-order valence-corrected chi connectivity index (χ2v) is 5.34. The normalized spacial score (nSPS) is 23.6. The first kappa shape index (κ1) is 15.2. The van der Waals surface area contributed by atoms with Gasteiger partial charge in [-0.1, -0.05) is 6.07 Å². The van der Waals surface area contributed by atoms with E-state index in [0.717, 1.165) is 10.5 Å². The summed E-state index contributed by atoms with van der Waals surface area (Å²) in [5, 5.41) is 18.9. The molecule has 4 N–H and O–H groups in total. The predicted octanol–water partition coefficient (Wildman–Crippen LogP) is 0.969. The van der Waals surface area contributed by atoms with E-state index < -0.39 is 23.4 Å². The maximum atomic E-state index is 11.9. The summed E-state index contributed by atoms with van der Waals surface area (Å²) in [7, 11) is 0. The van der Waals surface area contributed by atoms with Crippen LogP contribution in [-0.4, -0.2) is 51.8 Å². The Morgan fingerprint density at radius 1 is 1.48 bits per heavy atom. The van der Waals surface area contributed by atoms with Crippen molar-refractivity contribution in [3.8, 4) is 0 Å². The molecule has 21 heavy (non-hydrogen) atoms. The number of carboxylic acid groups (broad SMARTS) is 2. The highest BCUT2D eigenvalue weighted by atomic mass is 16.4. The summed E-state index contributed by atoms with van der Waals surface area (Å²) < 4.78 is 0. The number of rotatable bonds is 4. The zero-order valence-electron chi connectivity index (χ0n) is 11.6. The zero-order chi connectivity index (χ0) is 15.5. The molecule has 0 spiro atoms. The Morgan fingerprint density at radius 2 is 2.24 bits per heavy atom. The fourth-order valence-corrected chi connectivity index (χ4v) is 3.12. The van der Waals surface area contributed by atoms with Crippen molar-refractivity contribution in [2.24, 2.45) is 11.1 Å². The minimum atomic E-state index is -1.20. The molecule has 0 radical (unpaired) electrons. The molecule has 2 unspecified atom stereocenters. The van der Waals surface area contributed by atoms with Crippen LogP contribution in [0.3, 0.4) is 0 Å². The highest BCUT2D eigenvalue weighted by molar-refractivity contribution is 5.78. The predicted molar refractivity (Wildman–Crippen MR) is 74.9 cm³/mol. The number of amides is 1. The van der Waals surface area contributed by atoms with Crippen molar-refractivity contribution in [2.75, 3.05) is 19.6 Å². The lowest BCUT2D eigenvalue weighted by molar-refractivity contribution is -0.153. The van der Waals surface area contributed by atoms with E-state index in [1.807, 2.05) is 0 Å². The van der Waals surface area contributed by atoms with Gasteiger partial charge >= 0.3 is 12.1 Å². The van der Waals surface area contributed by atoms with Gasteiger partial charge in [-0.3, -0.25) is 9.78 Å². The van der Waals surface area contributed by atoms with Crippen LogP contribution in [0.4, 0.5) is 4.79 Å². The van der Waals surface area contributed by atoms with Crippen molar-refractivity contribution in [1.82, 2.24) is 9.88 Å². The molecule has 1 saturated heterocycles. The summed E-state index contributed by atoms with van der Waals surface area (Å²) in [4.78, 5) is 28.3. The molecule has 7 heteroatoms. The van der Waals surface area contributed by atoms with E-state index >= 15 is 0 Å². The lowest BCUT2D eigenvalue weighted by Gasteiger charge is -2.43. The van der Waals surface area contributed by atoms with Crippen molar-refractivity contribution >= 4 is 12.1 Å². The molecule has 1 aliphatic rings. The Bertz CT molecular complexity index is 522. The maximum Gasteiger partial charge on any atom is 0.407 e. The molecule has 2 atom stereocenters. The smallest absolute Gasteiger partial charge is 0.407 e. The number of aromatic nitrogens is 1. The molecule has 114 valence electrons. The molecule has 1 fully saturated rings. The first-order valence-corrected chi connectivity index (χ1v) is 6.82. The van der Waals surface area contributed by atoms with Crippen LogP contribution in [-0.2, 0) is 4.79 Å². The zero-order valence-corrected chi connectivity index (χ0v) is 11.6. The van der Waals surface area contributed by atoms with Gasteiger partial charge in [0, 0.05) is 37.9 Å². The summed E-state index contributed by atoms with van der Waals surface area (Å²) in [6.45, 7) is 0.439. The second-order valence-electron chi connectivity index (χ2n) is 5.34. The summed E-state index contributed by atoms with van der Waals surface area (Å²) in [5.74, 6) is -1.47. The first-order valence-electron chi connectivity index (χ1n) is 6.82. The van der Waals surface area contributed by atoms with E-state index in [1.165, 1.54) is 0 Å². The number of aliphatic carboxylic acids is 1. The summed E-state index contributed by atoms with van der Waals surface area (Å²) in [6.07, 6.45) is 3.03. The highest BCUT2D eigenvalue weighted by Crippen LogP contribution is 2.42. The minimum Gasteiger partial charge on any atom is -0.481 e. The van der Waals surface area contributed by atoms with Crippen LogP contribution >= 0.6 is 0 Å². The topological polar surface area (TPSA) is 117 Å². The van der Waals surface area contributed by atoms with Crippen LogP contribution in [0.5, 0.6) is 0 Å². The molecule has 2 rings (SSSR count). The van der Waals surface area contributed by atoms with Crippen LogP contribution in [0, 0.1) is 5.41 Å². The lowest BCUT2D eigenvalue weighted by Crippen LogP contribution is -2.53. The molecule has 0 saturated carbocycles. The monoisotopic (exact) mass is 293 g/mol. The number of carboxylic acids is 1.